The summed E-state index contributed by atoms with van der Waals surface area (Å²) in [7, 11) is 0. The zero-order chi connectivity index (χ0) is 31.0. The van der Waals surface area contributed by atoms with Gasteiger partial charge in [0.15, 0.2) is 0 Å². The molecule has 8 rings (SSSR count). The van der Waals surface area contributed by atoms with Gasteiger partial charge >= 0.3 is 0 Å². The van der Waals surface area contributed by atoms with Gasteiger partial charge in [0, 0.05) is 30.4 Å². The van der Waals surface area contributed by atoms with Gasteiger partial charge in [-0.1, -0.05) is 109 Å². The van der Waals surface area contributed by atoms with E-state index >= 15 is 0 Å². The topological polar surface area (TPSA) is 53.9 Å². The largest absolute Gasteiger partial charge is 0.276 e. The van der Waals surface area contributed by atoms with Crippen molar-refractivity contribution < 1.29 is 0 Å². The van der Waals surface area contributed by atoms with Crippen LogP contribution in [0.15, 0.2) is 146 Å². The van der Waals surface area contributed by atoms with E-state index in [0.717, 1.165) is 44.2 Å². The number of rotatable bonds is 4. The van der Waals surface area contributed by atoms with Crippen molar-refractivity contribution in [2.24, 2.45) is 0 Å². The van der Waals surface area contributed by atoms with Gasteiger partial charge in [-0.05, 0) is 83.4 Å². The zero-order valence-electron chi connectivity index (χ0n) is 24.6. The molecule has 46 heavy (non-hydrogen) atoms. The van der Waals surface area contributed by atoms with Gasteiger partial charge in [0.1, 0.15) is 6.07 Å². The molecule has 0 saturated heterocycles. The molecule has 0 N–H and O–H groups in total. The molecule has 0 unspecified atom stereocenters. The maximum Gasteiger partial charge on any atom is 0.205 e. The van der Waals surface area contributed by atoms with Crippen LogP contribution in [0, 0.1) is 17.9 Å². The Bertz CT molecular complexity index is 2490. The minimum Gasteiger partial charge on any atom is -0.276 e. The molecule has 0 saturated carbocycles. The first-order chi connectivity index (χ1) is 22.7. The smallest absolute Gasteiger partial charge is 0.205 e. The zero-order valence-corrected chi connectivity index (χ0v) is 24.6. The summed E-state index contributed by atoms with van der Waals surface area (Å²) in [5.74, 6) is 0. The van der Waals surface area contributed by atoms with Crippen LogP contribution in [0.5, 0.6) is 0 Å². The van der Waals surface area contributed by atoms with Gasteiger partial charge in [0.2, 0.25) is 5.69 Å². The number of hydrogen-bond acceptors (Lipinski definition) is 3. The Morgan fingerprint density at radius 3 is 1.63 bits per heavy atom. The van der Waals surface area contributed by atoms with Crippen LogP contribution < -0.4 is 0 Å². The number of aromatic nitrogens is 2. The monoisotopic (exact) mass is 584 g/mol. The van der Waals surface area contributed by atoms with Crippen LogP contribution in [0.1, 0.15) is 5.56 Å². The summed E-state index contributed by atoms with van der Waals surface area (Å²) in [6.07, 6.45) is 6.81. The quantitative estimate of drug-likeness (QED) is 0.153. The van der Waals surface area contributed by atoms with Crippen molar-refractivity contribution in [2.75, 3.05) is 0 Å². The standard InChI is InChI=1S/C42H24N4/c1-44-32-21-30(24-46-26-32)28-14-16-29(17-15-28)41-36-10-4-6-12-38(36)42(39-13-7-5-11-37(39)41)40-19-18-33(34-8-2-3-9-35(34)40)31-20-27(22-43)23-45-25-31/h2-21,23-26H. The van der Waals surface area contributed by atoms with Gasteiger partial charge in [-0.25, -0.2) is 4.85 Å². The van der Waals surface area contributed by atoms with E-state index in [-0.39, 0.29) is 0 Å². The summed E-state index contributed by atoms with van der Waals surface area (Å²) in [6.45, 7) is 7.36. The van der Waals surface area contributed by atoms with Crippen molar-refractivity contribution >= 4 is 38.0 Å². The summed E-state index contributed by atoms with van der Waals surface area (Å²) in [5, 5.41) is 16.5. The van der Waals surface area contributed by atoms with Crippen LogP contribution in [0.4, 0.5) is 5.69 Å². The fourth-order valence-corrected chi connectivity index (χ4v) is 6.62. The second kappa shape index (κ2) is 11.1. The van der Waals surface area contributed by atoms with Crippen molar-refractivity contribution in [3.63, 3.8) is 0 Å². The van der Waals surface area contributed by atoms with Gasteiger partial charge in [-0.15, -0.1) is 0 Å². The summed E-state index contributed by atoms with van der Waals surface area (Å²) in [5.41, 5.74) is 9.66. The van der Waals surface area contributed by atoms with Gasteiger partial charge in [-0.3, -0.25) is 9.97 Å². The van der Waals surface area contributed by atoms with Gasteiger partial charge < -0.3 is 0 Å². The Kier molecular flexibility index (Phi) is 6.53. The lowest BCUT2D eigenvalue weighted by atomic mass is 9.83. The van der Waals surface area contributed by atoms with E-state index < -0.39 is 0 Å². The number of nitrogens with zero attached hydrogens (tertiary/aromatic N) is 4. The number of nitriles is 1. The summed E-state index contributed by atoms with van der Waals surface area (Å²) in [6, 6.07) is 44.7. The van der Waals surface area contributed by atoms with Crippen LogP contribution in [0.3, 0.4) is 0 Å². The van der Waals surface area contributed by atoms with Crippen LogP contribution in [-0.2, 0) is 0 Å². The minimum atomic E-state index is 0.530. The third-order valence-corrected chi connectivity index (χ3v) is 8.66. The van der Waals surface area contributed by atoms with Crippen molar-refractivity contribution in [1.82, 2.24) is 9.97 Å². The Balaban J connectivity index is 1.37. The van der Waals surface area contributed by atoms with Crippen molar-refractivity contribution in [3.05, 3.63) is 163 Å². The van der Waals surface area contributed by atoms with Gasteiger partial charge in [0.25, 0.3) is 0 Å². The first-order valence-corrected chi connectivity index (χ1v) is 15.0. The van der Waals surface area contributed by atoms with Crippen molar-refractivity contribution in [1.29, 1.82) is 5.26 Å². The number of hydrogen-bond donors (Lipinski definition) is 0. The van der Waals surface area contributed by atoms with Crippen LogP contribution in [-0.4, -0.2) is 9.97 Å². The van der Waals surface area contributed by atoms with E-state index in [9.17, 15) is 5.26 Å². The molecule has 0 bridgehead atoms. The molecule has 0 atom stereocenters. The summed E-state index contributed by atoms with van der Waals surface area (Å²) < 4.78 is 0. The average molecular weight is 585 g/mol. The predicted molar refractivity (Wildman–Crippen MR) is 187 cm³/mol. The molecule has 4 nitrogen and oxygen atoms in total. The highest BCUT2D eigenvalue weighted by molar-refractivity contribution is 6.24. The molecule has 212 valence electrons. The van der Waals surface area contributed by atoms with Crippen LogP contribution in [0.2, 0.25) is 0 Å². The molecule has 0 aliphatic carbocycles. The first kappa shape index (κ1) is 27.0. The number of fused-ring (bicyclic) bond motifs is 3. The maximum atomic E-state index is 9.50. The van der Waals surface area contributed by atoms with Gasteiger partial charge in [0.05, 0.1) is 12.1 Å². The molecule has 0 radical (unpaired) electrons. The second-order valence-corrected chi connectivity index (χ2v) is 11.2. The molecule has 2 aromatic heterocycles. The SMILES string of the molecule is [C-]#[N+]c1cncc(-c2ccc(-c3c4ccccc4c(-c4ccc(-c5cncc(C#N)c5)c5ccccc45)c4ccccc34)cc2)c1. The summed E-state index contributed by atoms with van der Waals surface area (Å²) in [4.78, 5) is 12.1. The summed E-state index contributed by atoms with van der Waals surface area (Å²) >= 11 is 0. The lowest BCUT2D eigenvalue weighted by Gasteiger charge is -2.20. The molecular formula is C42H24N4. The highest BCUT2D eigenvalue weighted by atomic mass is 14.7. The molecule has 6 aromatic carbocycles. The normalized spacial score (nSPS) is 11.0. The molecule has 4 heteroatoms. The predicted octanol–water partition coefficient (Wildman–Crippen LogP) is 11.0. The van der Waals surface area contributed by atoms with Crippen LogP contribution >= 0.6 is 0 Å². The fraction of sp³-hybridized carbons (Fsp3) is 0. The Hall–Kier alpha value is -6.62. The number of benzene rings is 6. The van der Waals surface area contributed by atoms with E-state index in [1.807, 2.05) is 18.3 Å². The lowest BCUT2D eigenvalue weighted by Crippen LogP contribution is -1.93. The molecule has 0 spiro atoms. The molecule has 2 heterocycles. The minimum absolute atomic E-state index is 0.530. The highest BCUT2D eigenvalue weighted by Crippen LogP contribution is 2.46. The molecule has 0 amide bonds. The first-order valence-electron chi connectivity index (χ1n) is 15.0. The highest BCUT2D eigenvalue weighted by Gasteiger charge is 2.19. The fourth-order valence-electron chi connectivity index (χ4n) is 6.62. The lowest BCUT2D eigenvalue weighted by molar-refractivity contribution is 1.30. The van der Waals surface area contributed by atoms with E-state index in [0.29, 0.717) is 11.3 Å². The molecular weight excluding hydrogens is 560 g/mol. The third-order valence-electron chi connectivity index (χ3n) is 8.66. The molecule has 0 aliphatic heterocycles. The Morgan fingerprint density at radius 1 is 0.478 bits per heavy atom. The number of pyridine rings is 2. The van der Waals surface area contributed by atoms with E-state index in [1.165, 1.54) is 32.7 Å². The van der Waals surface area contributed by atoms with Gasteiger partial charge in [-0.2, -0.15) is 5.26 Å². The van der Waals surface area contributed by atoms with Crippen molar-refractivity contribution in [3.8, 4) is 50.6 Å². The third kappa shape index (κ3) is 4.46. The van der Waals surface area contributed by atoms with Crippen molar-refractivity contribution in [2.45, 2.75) is 0 Å². The second-order valence-electron chi connectivity index (χ2n) is 11.2. The van der Waals surface area contributed by atoms with Crippen LogP contribution in [0.25, 0.3) is 81.7 Å². The molecule has 0 aliphatic rings. The van der Waals surface area contributed by atoms with E-state index in [1.54, 1.807) is 18.6 Å². The van der Waals surface area contributed by atoms with E-state index in [4.69, 9.17) is 6.57 Å². The molecule has 8 aromatic rings. The van der Waals surface area contributed by atoms with E-state index in [2.05, 4.69) is 130 Å². The maximum absolute atomic E-state index is 9.50. The Morgan fingerprint density at radius 2 is 1.00 bits per heavy atom. The average Bonchev–Trinajstić information content (AvgIpc) is 3.13. The molecule has 0 fully saturated rings. The Labute approximate surface area is 266 Å².